The molecule has 0 radical (unpaired) electrons. The van der Waals surface area contributed by atoms with Crippen molar-refractivity contribution in [2.24, 2.45) is 0 Å². The van der Waals surface area contributed by atoms with Crippen LogP contribution in [0.15, 0.2) is 72.8 Å². The molecule has 0 atom stereocenters. The highest BCUT2D eigenvalue weighted by Gasteiger charge is 2.19. The van der Waals surface area contributed by atoms with Crippen LogP contribution in [0.1, 0.15) is 22.3 Å². The van der Waals surface area contributed by atoms with E-state index >= 15 is 0 Å². The Labute approximate surface area is 129 Å². The summed E-state index contributed by atoms with van der Waals surface area (Å²) in [4.78, 5) is 0. The van der Waals surface area contributed by atoms with Crippen LogP contribution in [0.25, 0.3) is 34.1 Å². The van der Waals surface area contributed by atoms with Gasteiger partial charge in [0, 0.05) is 0 Å². The summed E-state index contributed by atoms with van der Waals surface area (Å²) in [6.07, 6.45) is 8.98. The lowest BCUT2D eigenvalue weighted by atomic mass is 9.94. The quantitative estimate of drug-likeness (QED) is 0.487. The maximum absolute atomic E-state index is 2.26. The van der Waals surface area contributed by atoms with Crippen LogP contribution in [-0.4, -0.2) is 0 Å². The van der Waals surface area contributed by atoms with Crippen LogP contribution in [0.2, 0.25) is 0 Å². The van der Waals surface area contributed by atoms with Gasteiger partial charge in [-0.3, -0.25) is 0 Å². The highest BCUT2D eigenvalue weighted by Crippen LogP contribution is 2.42. The summed E-state index contributed by atoms with van der Waals surface area (Å²) in [6, 6.07) is 21.7. The van der Waals surface area contributed by atoms with Crippen molar-refractivity contribution < 1.29 is 0 Å². The molecule has 102 valence electrons. The Morgan fingerprint density at radius 2 is 1.27 bits per heavy atom. The van der Waals surface area contributed by atoms with Gasteiger partial charge in [0.2, 0.25) is 0 Å². The molecule has 0 N–H and O–H groups in total. The van der Waals surface area contributed by atoms with Crippen LogP contribution in [0, 0.1) is 0 Å². The first-order chi connectivity index (χ1) is 10.9. The molecular weight excluding hydrogens is 264 g/mol. The van der Waals surface area contributed by atoms with E-state index in [0.29, 0.717) is 0 Å². The second kappa shape index (κ2) is 4.32. The van der Waals surface area contributed by atoms with Gasteiger partial charge in [-0.1, -0.05) is 85.0 Å². The largest absolute Gasteiger partial charge is 0.0616 e. The van der Waals surface area contributed by atoms with E-state index in [1.165, 1.54) is 44.2 Å². The van der Waals surface area contributed by atoms with Crippen molar-refractivity contribution in [1.82, 2.24) is 0 Å². The van der Waals surface area contributed by atoms with Crippen molar-refractivity contribution in [3.8, 4) is 0 Å². The summed E-state index contributed by atoms with van der Waals surface area (Å²) in [5.74, 6) is 0. The van der Waals surface area contributed by atoms with Crippen molar-refractivity contribution in [1.29, 1.82) is 0 Å². The second-order valence-corrected chi connectivity index (χ2v) is 5.83. The van der Waals surface area contributed by atoms with Crippen molar-refractivity contribution in [3.63, 3.8) is 0 Å². The Balaban J connectivity index is 1.80. The molecule has 0 fully saturated rings. The van der Waals surface area contributed by atoms with E-state index in [2.05, 4.69) is 85.0 Å². The first kappa shape index (κ1) is 11.8. The van der Waals surface area contributed by atoms with E-state index in [-0.39, 0.29) is 0 Å². The number of allylic oxidation sites excluding steroid dienone is 4. The molecule has 0 spiro atoms. The predicted octanol–water partition coefficient (Wildman–Crippen LogP) is 5.80. The van der Waals surface area contributed by atoms with E-state index < -0.39 is 0 Å². The monoisotopic (exact) mass is 278 g/mol. The third kappa shape index (κ3) is 1.52. The minimum atomic E-state index is 1.31. The number of hydrogen-bond donors (Lipinski definition) is 0. The molecule has 0 bridgehead atoms. The molecule has 0 heterocycles. The topological polar surface area (TPSA) is 0 Å². The van der Waals surface area contributed by atoms with Gasteiger partial charge in [0.15, 0.2) is 0 Å². The molecule has 0 saturated carbocycles. The molecule has 0 unspecified atom stereocenters. The molecule has 3 aromatic carbocycles. The van der Waals surface area contributed by atoms with Gasteiger partial charge in [0.1, 0.15) is 0 Å². The van der Waals surface area contributed by atoms with Gasteiger partial charge in [-0.2, -0.15) is 0 Å². The third-order valence-electron chi connectivity index (χ3n) is 4.65. The Kier molecular flexibility index (Phi) is 2.31. The van der Waals surface area contributed by atoms with Gasteiger partial charge >= 0.3 is 0 Å². The van der Waals surface area contributed by atoms with Gasteiger partial charge in [-0.05, 0) is 44.2 Å². The third-order valence-corrected chi connectivity index (χ3v) is 4.65. The number of benzene rings is 3. The normalized spacial score (nSPS) is 18.0. The fraction of sp³-hybridized carbons (Fsp3) is 0. The summed E-state index contributed by atoms with van der Waals surface area (Å²) < 4.78 is 0. The van der Waals surface area contributed by atoms with Gasteiger partial charge in [-0.15, -0.1) is 0 Å². The Hall–Kier alpha value is -2.86. The molecule has 2 aliphatic carbocycles. The molecule has 0 heteroatoms. The first-order valence-corrected chi connectivity index (χ1v) is 7.64. The van der Waals surface area contributed by atoms with Crippen molar-refractivity contribution >= 4 is 34.1 Å². The summed E-state index contributed by atoms with van der Waals surface area (Å²) in [6.45, 7) is 0. The lowest BCUT2D eigenvalue weighted by Crippen LogP contribution is -1.87. The molecular formula is C22H14. The number of rotatable bonds is 0. The maximum Gasteiger partial charge on any atom is -0.00987 e. The highest BCUT2D eigenvalue weighted by molar-refractivity contribution is 6.13. The fourth-order valence-corrected chi connectivity index (χ4v) is 3.59. The molecule has 0 aromatic heterocycles. The Morgan fingerprint density at radius 1 is 0.500 bits per heavy atom. The van der Waals surface area contributed by atoms with Crippen LogP contribution in [0.5, 0.6) is 0 Å². The molecule has 22 heavy (non-hydrogen) atoms. The molecule has 3 aromatic rings. The van der Waals surface area contributed by atoms with Crippen LogP contribution >= 0.6 is 0 Å². The Morgan fingerprint density at radius 3 is 2.27 bits per heavy atom. The number of fused-ring (bicyclic) bond motifs is 4. The van der Waals surface area contributed by atoms with Crippen LogP contribution in [-0.2, 0) is 0 Å². The lowest BCUT2D eigenvalue weighted by molar-refractivity contribution is 1.61. The SMILES string of the molecule is C1=Cc2ccccc2/C1=C1/C=Cc2c1ccc1ccccc21. The van der Waals surface area contributed by atoms with Crippen molar-refractivity contribution in [2.45, 2.75) is 0 Å². The van der Waals surface area contributed by atoms with E-state index in [1.54, 1.807) is 0 Å². The summed E-state index contributed by atoms with van der Waals surface area (Å²) >= 11 is 0. The predicted molar refractivity (Wildman–Crippen MR) is 95.3 cm³/mol. The minimum absolute atomic E-state index is 1.31. The summed E-state index contributed by atoms with van der Waals surface area (Å²) in [5.41, 5.74) is 8.01. The van der Waals surface area contributed by atoms with E-state index in [1.807, 2.05) is 0 Å². The molecule has 0 nitrogen and oxygen atoms in total. The first-order valence-electron chi connectivity index (χ1n) is 7.64. The maximum atomic E-state index is 2.26. The second-order valence-electron chi connectivity index (χ2n) is 5.83. The molecule has 2 aliphatic rings. The van der Waals surface area contributed by atoms with Crippen LogP contribution < -0.4 is 0 Å². The summed E-state index contributed by atoms with van der Waals surface area (Å²) in [5, 5.41) is 2.64. The number of hydrogen-bond acceptors (Lipinski definition) is 0. The highest BCUT2D eigenvalue weighted by atomic mass is 14.2. The molecule has 0 saturated heterocycles. The van der Waals surface area contributed by atoms with Crippen LogP contribution in [0.3, 0.4) is 0 Å². The standard InChI is InChI=1S/C22H14/c1-3-7-17-15(5-1)9-11-19(17)22-14-13-20-18-8-4-2-6-16(18)10-12-21(20)22/h1-14H/b22-19-. The van der Waals surface area contributed by atoms with Gasteiger partial charge in [-0.25, -0.2) is 0 Å². The zero-order valence-corrected chi connectivity index (χ0v) is 12.1. The molecule has 0 aliphatic heterocycles. The lowest BCUT2D eigenvalue weighted by Gasteiger charge is -2.09. The van der Waals surface area contributed by atoms with E-state index in [0.717, 1.165) is 0 Å². The average molecular weight is 278 g/mol. The minimum Gasteiger partial charge on any atom is -0.0616 e. The van der Waals surface area contributed by atoms with E-state index in [9.17, 15) is 0 Å². The average Bonchev–Trinajstić information content (AvgIpc) is 3.18. The van der Waals surface area contributed by atoms with E-state index in [4.69, 9.17) is 0 Å². The smallest absolute Gasteiger partial charge is 0.00987 e. The van der Waals surface area contributed by atoms with Crippen molar-refractivity contribution in [3.05, 3.63) is 95.1 Å². The van der Waals surface area contributed by atoms with Gasteiger partial charge in [0.05, 0.1) is 0 Å². The van der Waals surface area contributed by atoms with Gasteiger partial charge < -0.3 is 0 Å². The Bertz CT molecular complexity index is 1010. The fourth-order valence-electron chi connectivity index (χ4n) is 3.59. The van der Waals surface area contributed by atoms with Gasteiger partial charge in [0.25, 0.3) is 0 Å². The van der Waals surface area contributed by atoms with Crippen molar-refractivity contribution in [2.75, 3.05) is 0 Å². The molecule has 0 amide bonds. The van der Waals surface area contributed by atoms with Crippen LogP contribution in [0.4, 0.5) is 0 Å². The molecule has 5 rings (SSSR count). The zero-order chi connectivity index (χ0) is 14.5. The summed E-state index contributed by atoms with van der Waals surface area (Å²) in [7, 11) is 0. The zero-order valence-electron chi connectivity index (χ0n) is 12.1.